The molecule has 31 heavy (non-hydrogen) atoms. The van der Waals surface area contributed by atoms with Gasteiger partial charge in [0.05, 0.1) is 11.8 Å². The van der Waals surface area contributed by atoms with Gasteiger partial charge in [-0.05, 0) is 73.8 Å². The summed E-state index contributed by atoms with van der Waals surface area (Å²) in [5.74, 6) is -0.426. The number of imide groups is 1. The Kier molecular flexibility index (Phi) is 4.92. The van der Waals surface area contributed by atoms with Crippen molar-refractivity contribution in [2.75, 3.05) is 5.32 Å². The predicted molar refractivity (Wildman–Crippen MR) is 118 cm³/mol. The summed E-state index contributed by atoms with van der Waals surface area (Å²) in [6, 6.07) is 14.6. The van der Waals surface area contributed by atoms with Crippen molar-refractivity contribution in [3.63, 3.8) is 0 Å². The lowest BCUT2D eigenvalue weighted by atomic mass is 9.81. The van der Waals surface area contributed by atoms with E-state index < -0.39 is 6.04 Å². The number of nitrogens with one attached hydrogen (secondary N) is 1. The number of amides is 3. The van der Waals surface area contributed by atoms with Gasteiger partial charge in [0.25, 0.3) is 0 Å². The van der Waals surface area contributed by atoms with Crippen LogP contribution in [0.25, 0.3) is 0 Å². The molecular formula is C26H28N2O3. The normalized spacial score (nSPS) is 27.5. The number of benzene rings is 2. The molecule has 0 aromatic heterocycles. The highest BCUT2D eigenvalue weighted by Gasteiger charge is 2.62. The smallest absolute Gasteiger partial charge is 0.248 e. The zero-order chi connectivity index (χ0) is 21.7. The number of anilines is 1. The van der Waals surface area contributed by atoms with Crippen LogP contribution in [-0.4, -0.2) is 28.7 Å². The van der Waals surface area contributed by atoms with Gasteiger partial charge in [-0.2, -0.15) is 0 Å². The third kappa shape index (κ3) is 3.46. The largest absolute Gasteiger partial charge is 0.324 e. The number of carbonyl (C=O) groups is 3. The fraction of sp³-hybridized carbons (Fsp3) is 0.423. The molecule has 3 fully saturated rings. The molecule has 1 heterocycles. The van der Waals surface area contributed by atoms with Crippen molar-refractivity contribution in [1.82, 2.24) is 4.90 Å². The fourth-order valence-corrected chi connectivity index (χ4v) is 6.15. The van der Waals surface area contributed by atoms with Gasteiger partial charge >= 0.3 is 0 Å². The summed E-state index contributed by atoms with van der Waals surface area (Å²) in [5, 5.41) is 2.98. The van der Waals surface area contributed by atoms with E-state index in [4.69, 9.17) is 0 Å². The lowest BCUT2D eigenvalue weighted by Gasteiger charge is -2.27. The summed E-state index contributed by atoms with van der Waals surface area (Å²) in [6.07, 6.45) is 3.36. The van der Waals surface area contributed by atoms with Gasteiger partial charge in [0.1, 0.15) is 6.04 Å². The van der Waals surface area contributed by atoms with E-state index in [-0.39, 0.29) is 29.6 Å². The highest BCUT2D eigenvalue weighted by Crippen LogP contribution is 2.56. The number of hydrogen-bond donors (Lipinski definition) is 1. The Morgan fingerprint density at radius 2 is 1.55 bits per heavy atom. The van der Waals surface area contributed by atoms with Crippen LogP contribution in [0.1, 0.15) is 36.0 Å². The van der Waals surface area contributed by atoms with E-state index in [9.17, 15) is 14.4 Å². The average Bonchev–Trinajstić information content (AvgIpc) is 3.40. The van der Waals surface area contributed by atoms with Crippen LogP contribution in [0.4, 0.5) is 5.69 Å². The molecular weight excluding hydrogens is 388 g/mol. The van der Waals surface area contributed by atoms with E-state index in [0.29, 0.717) is 23.9 Å². The number of likely N-dealkylation sites (tertiary alicyclic amines) is 1. The quantitative estimate of drug-likeness (QED) is 0.752. The van der Waals surface area contributed by atoms with Crippen LogP contribution in [0, 0.1) is 37.5 Å². The zero-order valence-corrected chi connectivity index (χ0v) is 18.0. The summed E-state index contributed by atoms with van der Waals surface area (Å²) in [6.45, 7) is 3.96. The molecule has 1 N–H and O–H groups in total. The molecule has 3 aliphatic rings. The van der Waals surface area contributed by atoms with E-state index >= 15 is 0 Å². The Morgan fingerprint density at radius 1 is 0.968 bits per heavy atom. The van der Waals surface area contributed by atoms with Gasteiger partial charge in [0.2, 0.25) is 17.7 Å². The molecule has 0 unspecified atom stereocenters. The highest BCUT2D eigenvalue weighted by molar-refractivity contribution is 6.10. The van der Waals surface area contributed by atoms with Gasteiger partial charge < -0.3 is 5.32 Å². The van der Waals surface area contributed by atoms with Gasteiger partial charge in [0.15, 0.2) is 0 Å². The first-order valence-corrected chi connectivity index (χ1v) is 11.2. The second kappa shape index (κ2) is 7.63. The molecule has 3 amide bonds. The first-order chi connectivity index (χ1) is 14.9. The first kappa shape index (κ1) is 20.0. The third-order valence-electron chi connectivity index (χ3n) is 7.34. The van der Waals surface area contributed by atoms with Crippen molar-refractivity contribution in [2.45, 2.75) is 45.6 Å². The summed E-state index contributed by atoms with van der Waals surface area (Å²) in [7, 11) is 0. The van der Waals surface area contributed by atoms with E-state index in [1.54, 1.807) is 0 Å². The lowest BCUT2D eigenvalue weighted by molar-refractivity contribution is -0.147. The number of nitrogens with zero attached hydrogens (tertiary/aromatic N) is 1. The van der Waals surface area contributed by atoms with Crippen molar-refractivity contribution < 1.29 is 14.4 Å². The molecule has 160 valence electrons. The maximum absolute atomic E-state index is 13.5. The molecule has 0 spiro atoms. The van der Waals surface area contributed by atoms with Gasteiger partial charge in [-0.1, -0.05) is 36.4 Å². The Labute approximate surface area is 182 Å². The Morgan fingerprint density at radius 3 is 2.13 bits per heavy atom. The van der Waals surface area contributed by atoms with Crippen molar-refractivity contribution in [2.24, 2.45) is 23.7 Å². The number of hydrogen-bond acceptors (Lipinski definition) is 3. The number of aryl methyl sites for hydroxylation is 2. The predicted octanol–water partition coefficient (Wildman–Crippen LogP) is 3.88. The minimum atomic E-state index is -0.840. The minimum Gasteiger partial charge on any atom is -0.324 e. The molecule has 2 bridgehead atoms. The summed E-state index contributed by atoms with van der Waals surface area (Å²) in [4.78, 5) is 41.6. The van der Waals surface area contributed by atoms with E-state index in [2.05, 4.69) is 5.32 Å². The van der Waals surface area contributed by atoms with Gasteiger partial charge in [0, 0.05) is 12.1 Å². The van der Waals surface area contributed by atoms with Crippen molar-refractivity contribution in [3.05, 3.63) is 65.2 Å². The van der Waals surface area contributed by atoms with E-state index in [1.807, 2.05) is 62.4 Å². The lowest BCUT2D eigenvalue weighted by Crippen LogP contribution is -2.49. The molecule has 2 saturated carbocycles. The monoisotopic (exact) mass is 416 g/mol. The van der Waals surface area contributed by atoms with Crippen LogP contribution in [-0.2, 0) is 20.8 Å². The van der Waals surface area contributed by atoms with Crippen LogP contribution >= 0.6 is 0 Å². The molecule has 2 aromatic rings. The fourth-order valence-electron chi connectivity index (χ4n) is 6.15. The van der Waals surface area contributed by atoms with Gasteiger partial charge in [-0.15, -0.1) is 0 Å². The summed E-state index contributed by atoms with van der Waals surface area (Å²) >= 11 is 0. The second-order valence-corrected chi connectivity index (χ2v) is 9.50. The Hall–Kier alpha value is -2.95. The molecule has 5 nitrogen and oxygen atoms in total. The molecule has 1 saturated heterocycles. The second-order valence-electron chi connectivity index (χ2n) is 9.50. The van der Waals surface area contributed by atoms with Crippen LogP contribution in [0.15, 0.2) is 48.5 Å². The molecule has 5 rings (SSSR count). The SMILES string of the molecule is Cc1cc(C)cc(NC(=O)[C@@H](Cc2ccccc2)N2C(=O)[C@H]3[C@@H]4CC[C@@H](C4)[C@@H]3C2=O)c1. The Bertz CT molecular complexity index is 1000. The van der Waals surface area contributed by atoms with Gasteiger partial charge in [-0.25, -0.2) is 0 Å². The molecule has 5 atom stereocenters. The van der Waals surface area contributed by atoms with Crippen molar-refractivity contribution in [3.8, 4) is 0 Å². The summed E-state index contributed by atoms with van der Waals surface area (Å²) in [5.41, 5.74) is 3.73. The molecule has 1 aliphatic heterocycles. The van der Waals surface area contributed by atoms with Crippen molar-refractivity contribution in [1.29, 1.82) is 0 Å². The first-order valence-electron chi connectivity index (χ1n) is 11.2. The van der Waals surface area contributed by atoms with E-state index in [1.165, 1.54) is 4.90 Å². The molecule has 2 aromatic carbocycles. The molecule has 5 heteroatoms. The third-order valence-corrected chi connectivity index (χ3v) is 7.34. The van der Waals surface area contributed by atoms with Crippen LogP contribution < -0.4 is 5.32 Å². The van der Waals surface area contributed by atoms with Crippen LogP contribution in [0.3, 0.4) is 0 Å². The average molecular weight is 417 g/mol. The Balaban J connectivity index is 1.46. The minimum absolute atomic E-state index is 0.140. The summed E-state index contributed by atoms with van der Waals surface area (Å²) < 4.78 is 0. The van der Waals surface area contributed by atoms with Gasteiger partial charge in [-0.3, -0.25) is 19.3 Å². The van der Waals surface area contributed by atoms with E-state index in [0.717, 1.165) is 36.0 Å². The maximum Gasteiger partial charge on any atom is 0.248 e. The number of rotatable bonds is 5. The molecule has 2 aliphatic carbocycles. The highest BCUT2D eigenvalue weighted by atomic mass is 16.2. The topological polar surface area (TPSA) is 66.5 Å². The molecule has 0 radical (unpaired) electrons. The van der Waals surface area contributed by atoms with Crippen LogP contribution in [0.5, 0.6) is 0 Å². The number of carbonyl (C=O) groups excluding carboxylic acids is 3. The maximum atomic E-state index is 13.5. The zero-order valence-electron chi connectivity index (χ0n) is 18.0. The van der Waals surface area contributed by atoms with Crippen LogP contribution in [0.2, 0.25) is 0 Å². The standard InChI is InChI=1S/C26H28N2O3/c1-15-10-16(2)12-20(11-15)27-24(29)21(13-17-6-4-3-5-7-17)28-25(30)22-18-8-9-19(14-18)23(22)26(28)31/h3-7,10-12,18-19,21-23H,8-9,13-14H2,1-2H3,(H,27,29)/t18-,19+,21-,22+,23+/m1/s1. The van der Waals surface area contributed by atoms with Crippen molar-refractivity contribution >= 4 is 23.4 Å². The number of fused-ring (bicyclic) bond motifs is 5.